The number of benzene rings is 1. The third-order valence-electron chi connectivity index (χ3n) is 2.86. The van der Waals surface area contributed by atoms with Crippen LogP contribution in [0.25, 0.3) is 0 Å². The van der Waals surface area contributed by atoms with Gasteiger partial charge in [0.15, 0.2) is 0 Å². The maximum absolute atomic E-state index is 11.8. The van der Waals surface area contributed by atoms with Gasteiger partial charge in [-0.15, -0.1) is 0 Å². The summed E-state index contributed by atoms with van der Waals surface area (Å²) in [7, 11) is 0. The van der Waals surface area contributed by atoms with Crippen molar-refractivity contribution >= 4 is 29.3 Å². The minimum Gasteiger partial charge on any atom is -0.399 e. The van der Waals surface area contributed by atoms with Gasteiger partial charge in [-0.25, -0.2) is 0 Å². The highest BCUT2D eigenvalue weighted by molar-refractivity contribution is 7.99. The standard InChI is InChI=1S/C14H21N3O2S/c1-10(20-2)7-8-16-13(18)9-17-14(19)11-3-5-12(15)6-4-11/h3-6,10H,7-9,15H2,1-2H3,(H,16,18)(H,17,19). The Hall–Kier alpha value is -1.69. The molecule has 0 heterocycles. The fraction of sp³-hybridized carbons (Fsp3) is 0.429. The second kappa shape index (κ2) is 8.47. The molecule has 0 bridgehead atoms. The van der Waals surface area contributed by atoms with E-state index in [0.29, 0.717) is 23.0 Å². The number of hydrogen-bond acceptors (Lipinski definition) is 4. The Labute approximate surface area is 123 Å². The number of carbonyl (C=O) groups excluding carboxylic acids is 2. The van der Waals surface area contributed by atoms with Crippen molar-refractivity contribution in [2.24, 2.45) is 0 Å². The molecule has 20 heavy (non-hydrogen) atoms. The van der Waals surface area contributed by atoms with Crippen LogP contribution in [-0.4, -0.2) is 36.4 Å². The number of nitrogens with one attached hydrogen (secondary N) is 2. The second-order valence-electron chi connectivity index (χ2n) is 4.49. The van der Waals surface area contributed by atoms with Crippen molar-refractivity contribution < 1.29 is 9.59 Å². The maximum Gasteiger partial charge on any atom is 0.251 e. The van der Waals surface area contributed by atoms with E-state index in [1.165, 1.54) is 0 Å². The zero-order chi connectivity index (χ0) is 15.0. The molecule has 0 saturated carbocycles. The van der Waals surface area contributed by atoms with Crippen LogP contribution in [0.2, 0.25) is 0 Å². The summed E-state index contributed by atoms with van der Waals surface area (Å²) in [5.74, 6) is -0.459. The third kappa shape index (κ3) is 5.97. The smallest absolute Gasteiger partial charge is 0.251 e. The van der Waals surface area contributed by atoms with Gasteiger partial charge in [-0.1, -0.05) is 6.92 Å². The van der Waals surface area contributed by atoms with Crippen LogP contribution in [-0.2, 0) is 4.79 Å². The first-order chi connectivity index (χ1) is 9.52. The van der Waals surface area contributed by atoms with E-state index in [2.05, 4.69) is 17.6 Å². The van der Waals surface area contributed by atoms with Gasteiger partial charge in [0, 0.05) is 23.0 Å². The first-order valence-corrected chi connectivity index (χ1v) is 7.75. The van der Waals surface area contributed by atoms with Gasteiger partial charge in [-0.05, 0) is 36.9 Å². The summed E-state index contributed by atoms with van der Waals surface area (Å²) in [5.41, 5.74) is 6.63. The molecule has 0 aliphatic rings. The van der Waals surface area contributed by atoms with Gasteiger partial charge in [-0.3, -0.25) is 9.59 Å². The van der Waals surface area contributed by atoms with Gasteiger partial charge in [0.05, 0.1) is 6.54 Å². The van der Waals surface area contributed by atoms with Crippen molar-refractivity contribution in [3.63, 3.8) is 0 Å². The number of nitrogens with two attached hydrogens (primary N) is 1. The van der Waals surface area contributed by atoms with Gasteiger partial charge in [0.25, 0.3) is 5.91 Å². The Balaban J connectivity index is 2.27. The van der Waals surface area contributed by atoms with Crippen molar-refractivity contribution in [3.05, 3.63) is 29.8 Å². The highest BCUT2D eigenvalue weighted by Gasteiger charge is 2.08. The lowest BCUT2D eigenvalue weighted by molar-refractivity contribution is -0.120. The first kappa shape index (κ1) is 16.4. The van der Waals surface area contributed by atoms with Crippen LogP contribution < -0.4 is 16.4 Å². The molecule has 2 amide bonds. The molecule has 0 aliphatic carbocycles. The van der Waals surface area contributed by atoms with E-state index in [1.807, 2.05) is 6.26 Å². The lowest BCUT2D eigenvalue weighted by Gasteiger charge is -2.10. The SMILES string of the molecule is CSC(C)CCNC(=O)CNC(=O)c1ccc(N)cc1. The summed E-state index contributed by atoms with van der Waals surface area (Å²) in [6.07, 6.45) is 2.96. The molecule has 0 fully saturated rings. The Bertz CT molecular complexity index is 448. The number of anilines is 1. The van der Waals surface area contributed by atoms with Gasteiger partial charge in [0.2, 0.25) is 5.91 Å². The van der Waals surface area contributed by atoms with Crippen molar-refractivity contribution in [2.45, 2.75) is 18.6 Å². The van der Waals surface area contributed by atoms with Crippen molar-refractivity contribution in [3.8, 4) is 0 Å². The third-order valence-corrected chi connectivity index (χ3v) is 3.90. The summed E-state index contributed by atoms with van der Waals surface area (Å²) in [4.78, 5) is 23.3. The molecule has 110 valence electrons. The number of rotatable bonds is 7. The van der Waals surface area contributed by atoms with Crippen LogP contribution in [0.1, 0.15) is 23.7 Å². The molecule has 4 N–H and O–H groups in total. The zero-order valence-electron chi connectivity index (χ0n) is 11.8. The van der Waals surface area contributed by atoms with Gasteiger partial charge in [0.1, 0.15) is 0 Å². The molecular formula is C14H21N3O2S. The molecule has 1 unspecified atom stereocenters. The van der Waals surface area contributed by atoms with Gasteiger partial charge in [-0.2, -0.15) is 11.8 Å². The van der Waals surface area contributed by atoms with E-state index >= 15 is 0 Å². The number of thioether (sulfide) groups is 1. The fourth-order valence-corrected chi connectivity index (χ4v) is 1.85. The summed E-state index contributed by atoms with van der Waals surface area (Å²) in [6, 6.07) is 6.56. The van der Waals surface area contributed by atoms with Crippen molar-refractivity contribution in [1.29, 1.82) is 0 Å². The molecule has 0 spiro atoms. The molecule has 1 atom stereocenters. The van der Waals surface area contributed by atoms with Gasteiger partial charge < -0.3 is 16.4 Å². The molecule has 5 nitrogen and oxygen atoms in total. The fourth-order valence-electron chi connectivity index (χ4n) is 1.49. The van der Waals surface area contributed by atoms with Gasteiger partial charge >= 0.3 is 0 Å². The summed E-state index contributed by atoms with van der Waals surface area (Å²) in [5, 5.41) is 5.86. The van der Waals surface area contributed by atoms with E-state index < -0.39 is 0 Å². The molecule has 1 aromatic carbocycles. The largest absolute Gasteiger partial charge is 0.399 e. The Morgan fingerprint density at radius 1 is 1.25 bits per heavy atom. The maximum atomic E-state index is 11.8. The second-order valence-corrected chi connectivity index (χ2v) is 5.77. The summed E-state index contributed by atoms with van der Waals surface area (Å²) < 4.78 is 0. The van der Waals surface area contributed by atoms with Crippen LogP contribution >= 0.6 is 11.8 Å². The molecule has 1 rings (SSSR count). The molecule has 0 radical (unpaired) electrons. The normalized spacial score (nSPS) is 11.7. The number of amides is 2. The summed E-state index contributed by atoms with van der Waals surface area (Å²) in [6.45, 7) is 2.72. The van der Waals surface area contributed by atoms with Crippen molar-refractivity contribution in [1.82, 2.24) is 10.6 Å². The number of carbonyl (C=O) groups is 2. The molecule has 0 saturated heterocycles. The molecule has 0 aromatic heterocycles. The first-order valence-electron chi connectivity index (χ1n) is 6.46. The van der Waals surface area contributed by atoms with Crippen LogP contribution in [0.3, 0.4) is 0 Å². The zero-order valence-corrected chi connectivity index (χ0v) is 12.6. The average Bonchev–Trinajstić information content (AvgIpc) is 2.45. The topological polar surface area (TPSA) is 84.2 Å². The van der Waals surface area contributed by atoms with Crippen LogP contribution in [0.4, 0.5) is 5.69 Å². The monoisotopic (exact) mass is 295 g/mol. The Morgan fingerprint density at radius 2 is 1.90 bits per heavy atom. The average molecular weight is 295 g/mol. The quantitative estimate of drug-likeness (QED) is 0.661. The molecule has 6 heteroatoms. The van der Waals surface area contributed by atoms with Crippen LogP contribution in [0.15, 0.2) is 24.3 Å². The van der Waals surface area contributed by atoms with E-state index in [1.54, 1.807) is 36.0 Å². The highest BCUT2D eigenvalue weighted by atomic mass is 32.2. The van der Waals surface area contributed by atoms with E-state index in [9.17, 15) is 9.59 Å². The van der Waals surface area contributed by atoms with Crippen LogP contribution in [0.5, 0.6) is 0 Å². The number of nitrogen functional groups attached to an aromatic ring is 1. The Morgan fingerprint density at radius 3 is 2.50 bits per heavy atom. The Kier molecular flexibility index (Phi) is 6.93. The lowest BCUT2D eigenvalue weighted by Crippen LogP contribution is -2.37. The highest BCUT2D eigenvalue weighted by Crippen LogP contribution is 2.07. The lowest BCUT2D eigenvalue weighted by atomic mass is 10.2. The molecule has 0 aliphatic heterocycles. The molecular weight excluding hydrogens is 274 g/mol. The summed E-state index contributed by atoms with van der Waals surface area (Å²) >= 11 is 1.76. The van der Waals surface area contributed by atoms with E-state index in [0.717, 1.165) is 6.42 Å². The van der Waals surface area contributed by atoms with E-state index in [-0.39, 0.29) is 18.4 Å². The van der Waals surface area contributed by atoms with E-state index in [4.69, 9.17) is 5.73 Å². The minimum atomic E-state index is -0.280. The molecule has 1 aromatic rings. The predicted molar refractivity (Wildman–Crippen MR) is 83.8 cm³/mol. The predicted octanol–water partition coefficient (Wildman–Crippen LogP) is 1.26. The number of hydrogen-bond donors (Lipinski definition) is 3. The minimum absolute atomic E-state index is 0.0170. The van der Waals surface area contributed by atoms with Crippen LogP contribution in [0, 0.1) is 0 Å². The van der Waals surface area contributed by atoms with Crippen molar-refractivity contribution in [2.75, 3.05) is 25.1 Å².